The van der Waals surface area contributed by atoms with E-state index in [-0.39, 0.29) is 0 Å². The topological polar surface area (TPSA) is 24.9 Å². The van der Waals surface area contributed by atoms with Crippen LogP contribution in [0.3, 0.4) is 0 Å². The van der Waals surface area contributed by atoms with Gasteiger partial charge in [-0.1, -0.05) is 0 Å². The van der Waals surface area contributed by atoms with Gasteiger partial charge in [0.1, 0.15) is 5.82 Å². The number of pyridine rings is 1. The monoisotopic (exact) mass is 310 g/mol. The Bertz CT molecular complexity index is 482. The summed E-state index contributed by atoms with van der Waals surface area (Å²) in [4.78, 5) is 4.35. The molecule has 2 heterocycles. The maximum Gasteiger partial charge on any atom is 0.126 e. The zero-order chi connectivity index (χ0) is 12.3. The van der Waals surface area contributed by atoms with Crippen molar-refractivity contribution in [2.45, 2.75) is 26.3 Å². The first-order chi connectivity index (χ1) is 8.15. The second kappa shape index (κ2) is 5.65. The maximum atomic E-state index is 4.35. The number of anilines is 1. The van der Waals surface area contributed by atoms with Gasteiger partial charge in [-0.05, 0) is 70.2 Å². The first-order valence-corrected chi connectivity index (χ1v) is 7.28. The molecule has 0 aromatic carbocycles. The van der Waals surface area contributed by atoms with Crippen LogP contribution in [0.1, 0.15) is 18.1 Å². The standard InChI is InChI=1S/C13H15BrN2S/c1-9-5-13(15-7-12(9)14)16-10(2)6-11-3-4-17-8-11/h3-5,7-8,10H,6H2,1-2H3,(H,15,16). The predicted octanol–water partition coefficient (Wildman–Crippen LogP) is 4.26. The van der Waals surface area contributed by atoms with Crippen LogP contribution in [-0.2, 0) is 6.42 Å². The Morgan fingerprint density at radius 3 is 3.00 bits per heavy atom. The van der Waals surface area contributed by atoms with Gasteiger partial charge in [0, 0.05) is 16.7 Å². The van der Waals surface area contributed by atoms with Crippen LogP contribution in [0.25, 0.3) is 0 Å². The van der Waals surface area contributed by atoms with E-state index in [1.54, 1.807) is 11.3 Å². The lowest BCUT2D eigenvalue weighted by Gasteiger charge is -2.14. The third-order valence-electron chi connectivity index (χ3n) is 2.56. The Morgan fingerprint density at radius 1 is 1.53 bits per heavy atom. The second-order valence-corrected chi connectivity index (χ2v) is 5.83. The lowest BCUT2D eigenvalue weighted by atomic mass is 10.1. The highest BCUT2D eigenvalue weighted by molar-refractivity contribution is 9.10. The lowest BCUT2D eigenvalue weighted by molar-refractivity contribution is 0.786. The largest absolute Gasteiger partial charge is 0.367 e. The summed E-state index contributed by atoms with van der Waals surface area (Å²) in [5, 5.41) is 7.73. The molecule has 0 fully saturated rings. The smallest absolute Gasteiger partial charge is 0.126 e. The summed E-state index contributed by atoms with van der Waals surface area (Å²) in [6, 6.07) is 4.62. The van der Waals surface area contributed by atoms with E-state index < -0.39 is 0 Å². The molecule has 4 heteroatoms. The number of aromatic nitrogens is 1. The van der Waals surface area contributed by atoms with Crippen molar-refractivity contribution in [1.29, 1.82) is 0 Å². The number of aryl methyl sites for hydroxylation is 1. The molecule has 0 aliphatic heterocycles. The van der Waals surface area contributed by atoms with E-state index in [4.69, 9.17) is 0 Å². The fraction of sp³-hybridized carbons (Fsp3) is 0.308. The van der Waals surface area contributed by atoms with E-state index >= 15 is 0 Å². The zero-order valence-electron chi connectivity index (χ0n) is 9.90. The Kier molecular flexibility index (Phi) is 4.18. The molecule has 1 atom stereocenters. The van der Waals surface area contributed by atoms with Crippen molar-refractivity contribution in [1.82, 2.24) is 4.98 Å². The van der Waals surface area contributed by atoms with Crippen LogP contribution in [0.4, 0.5) is 5.82 Å². The summed E-state index contributed by atoms with van der Waals surface area (Å²) in [5.74, 6) is 0.938. The molecule has 90 valence electrons. The lowest BCUT2D eigenvalue weighted by Crippen LogP contribution is -2.18. The van der Waals surface area contributed by atoms with Crippen LogP contribution in [0.5, 0.6) is 0 Å². The molecule has 1 unspecified atom stereocenters. The van der Waals surface area contributed by atoms with Gasteiger partial charge in [0.2, 0.25) is 0 Å². The summed E-state index contributed by atoms with van der Waals surface area (Å²) in [7, 11) is 0. The highest BCUT2D eigenvalue weighted by Crippen LogP contribution is 2.18. The number of halogens is 1. The molecule has 0 amide bonds. The van der Waals surface area contributed by atoms with Crippen molar-refractivity contribution in [3.63, 3.8) is 0 Å². The molecule has 0 aliphatic carbocycles. The fourth-order valence-corrected chi connectivity index (χ4v) is 2.58. The Morgan fingerprint density at radius 2 is 2.35 bits per heavy atom. The van der Waals surface area contributed by atoms with Crippen LogP contribution in [0.2, 0.25) is 0 Å². The second-order valence-electron chi connectivity index (χ2n) is 4.20. The average Bonchev–Trinajstić information content (AvgIpc) is 2.76. The van der Waals surface area contributed by atoms with E-state index in [0.717, 1.165) is 16.7 Å². The van der Waals surface area contributed by atoms with Gasteiger partial charge in [0.05, 0.1) is 0 Å². The van der Waals surface area contributed by atoms with Gasteiger partial charge in [0.15, 0.2) is 0 Å². The molecule has 2 aromatic rings. The molecular weight excluding hydrogens is 296 g/mol. The van der Waals surface area contributed by atoms with Gasteiger partial charge in [-0.25, -0.2) is 4.98 Å². The Balaban J connectivity index is 1.98. The van der Waals surface area contributed by atoms with Crippen molar-refractivity contribution in [3.05, 3.63) is 44.7 Å². The van der Waals surface area contributed by atoms with Gasteiger partial charge >= 0.3 is 0 Å². The van der Waals surface area contributed by atoms with Gasteiger partial charge in [-0.15, -0.1) is 0 Å². The third kappa shape index (κ3) is 3.54. The summed E-state index contributed by atoms with van der Waals surface area (Å²) >= 11 is 5.20. The van der Waals surface area contributed by atoms with Crippen LogP contribution in [0.15, 0.2) is 33.6 Å². The molecule has 1 N–H and O–H groups in total. The van der Waals surface area contributed by atoms with Gasteiger partial charge in [-0.2, -0.15) is 11.3 Å². The van der Waals surface area contributed by atoms with Crippen molar-refractivity contribution in [3.8, 4) is 0 Å². The Labute approximate surface area is 114 Å². The maximum absolute atomic E-state index is 4.35. The minimum absolute atomic E-state index is 0.387. The van der Waals surface area contributed by atoms with Crippen molar-refractivity contribution in [2.24, 2.45) is 0 Å². The van der Waals surface area contributed by atoms with Crippen LogP contribution >= 0.6 is 27.3 Å². The normalized spacial score (nSPS) is 12.4. The first-order valence-electron chi connectivity index (χ1n) is 5.55. The van der Waals surface area contributed by atoms with Gasteiger partial charge in [-0.3, -0.25) is 0 Å². The number of thiophene rings is 1. The minimum atomic E-state index is 0.387. The summed E-state index contributed by atoms with van der Waals surface area (Å²) in [5.41, 5.74) is 2.58. The summed E-state index contributed by atoms with van der Waals surface area (Å²) in [6.07, 6.45) is 2.87. The Hall–Kier alpha value is -0.870. The molecular formula is C13H15BrN2S. The molecule has 0 spiro atoms. The summed E-state index contributed by atoms with van der Waals surface area (Å²) < 4.78 is 1.05. The first kappa shape index (κ1) is 12.6. The quantitative estimate of drug-likeness (QED) is 0.912. The fourth-order valence-electron chi connectivity index (χ4n) is 1.68. The summed E-state index contributed by atoms with van der Waals surface area (Å²) in [6.45, 7) is 4.25. The zero-order valence-corrected chi connectivity index (χ0v) is 12.3. The highest BCUT2D eigenvalue weighted by Gasteiger charge is 2.05. The van der Waals surface area contributed by atoms with Crippen molar-refractivity contribution in [2.75, 3.05) is 5.32 Å². The molecule has 2 nitrogen and oxygen atoms in total. The highest BCUT2D eigenvalue weighted by atomic mass is 79.9. The molecule has 0 saturated carbocycles. The van der Waals surface area contributed by atoms with E-state index in [1.807, 2.05) is 6.20 Å². The van der Waals surface area contributed by atoms with E-state index in [2.05, 4.69) is 63.0 Å². The average molecular weight is 311 g/mol. The minimum Gasteiger partial charge on any atom is -0.367 e. The van der Waals surface area contributed by atoms with Crippen molar-refractivity contribution < 1.29 is 0 Å². The molecule has 0 saturated heterocycles. The van der Waals surface area contributed by atoms with E-state index in [0.29, 0.717) is 6.04 Å². The molecule has 0 aliphatic rings. The number of rotatable bonds is 4. The molecule has 0 radical (unpaired) electrons. The predicted molar refractivity (Wildman–Crippen MR) is 77.8 cm³/mol. The molecule has 2 rings (SSSR count). The SMILES string of the molecule is Cc1cc(NC(C)Cc2ccsc2)ncc1Br. The van der Waals surface area contributed by atoms with Gasteiger partial charge in [0.25, 0.3) is 0 Å². The van der Waals surface area contributed by atoms with E-state index in [9.17, 15) is 0 Å². The third-order valence-corrected chi connectivity index (χ3v) is 4.13. The van der Waals surface area contributed by atoms with Crippen LogP contribution in [0, 0.1) is 6.92 Å². The van der Waals surface area contributed by atoms with Crippen molar-refractivity contribution >= 4 is 33.1 Å². The van der Waals surface area contributed by atoms with Crippen LogP contribution in [-0.4, -0.2) is 11.0 Å². The van der Waals surface area contributed by atoms with Crippen LogP contribution < -0.4 is 5.32 Å². The van der Waals surface area contributed by atoms with E-state index in [1.165, 1.54) is 11.1 Å². The molecule has 0 bridgehead atoms. The van der Waals surface area contributed by atoms with Gasteiger partial charge < -0.3 is 5.32 Å². The number of nitrogens with one attached hydrogen (secondary N) is 1. The number of hydrogen-bond donors (Lipinski definition) is 1. The number of nitrogens with zero attached hydrogens (tertiary/aromatic N) is 1. The molecule has 2 aromatic heterocycles. The number of hydrogen-bond acceptors (Lipinski definition) is 3. The molecule has 17 heavy (non-hydrogen) atoms.